The number of aromatic amines is 1. The molecule has 0 fully saturated rings. The molecule has 0 unspecified atom stereocenters. The van der Waals surface area contributed by atoms with Gasteiger partial charge in [0.25, 0.3) is 0 Å². The van der Waals surface area contributed by atoms with Crippen LogP contribution < -0.4 is 0 Å². The van der Waals surface area contributed by atoms with Gasteiger partial charge in [0.2, 0.25) is 0 Å². The lowest BCUT2D eigenvalue weighted by Crippen LogP contribution is -1.87. The van der Waals surface area contributed by atoms with E-state index in [0.29, 0.717) is 45.9 Å². The molecule has 0 spiro atoms. The standard InChI is InChI=1S/C32H17BrN8/c33-41-31-23-15-7-8-16-24(23)32(41)40-30-22-14-6-4-12-20(22)28(38-30)36-26-18-10-2-1-9-17(18)25(34-26)35-27-19-11-3-5-13-21(19)29(37-27)39-31/h1-16H,(H,34,35,36,37,38,39,40). The van der Waals surface area contributed by atoms with Gasteiger partial charge in [-0.3, -0.25) is 0 Å². The van der Waals surface area contributed by atoms with Crippen molar-refractivity contribution in [1.29, 1.82) is 0 Å². The van der Waals surface area contributed by atoms with Crippen LogP contribution in [0.2, 0.25) is 0 Å². The van der Waals surface area contributed by atoms with E-state index in [1.54, 1.807) is 0 Å². The van der Waals surface area contributed by atoms with Crippen molar-refractivity contribution in [3.8, 4) is 45.6 Å². The average molecular weight is 593 g/mol. The lowest BCUT2D eigenvalue weighted by molar-refractivity contribution is 1.18. The van der Waals surface area contributed by atoms with E-state index in [0.717, 1.165) is 43.8 Å². The van der Waals surface area contributed by atoms with Crippen molar-refractivity contribution >= 4 is 60.3 Å². The fourth-order valence-electron chi connectivity index (χ4n) is 5.65. The Hall–Kier alpha value is -5.28. The van der Waals surface area contributed by atoms with Crippen molar-refractivity contribution in [3.05, 3.63) is 97.1 Å². The number of hydrogen-bond acceptors (Lipinski definition) is 6. The normalized spacial score (nSPS) is 12.0. The number of rotatable bonds is 0. The second-order valence-corrected chi connectivity index (χ2v) is 10.6. The van der Waals surface area contributed by atoms with Crippen molar-refractivity contribution in [1.82, 2.24) is 38.5 Å². The topological polar surface area (TPSA) is 98.1 Å². The van der Waals surface area contributed by atoms with E-state index in [2.05, 4.69) is 21.1 Å². The summed E-state index contributed by atoms with van der Waals surface area (Å²) in [5.74, 6) is 2.35. The Morgan fingerprint density at radius 1 is 0.415 bits per heavy atom. The van der Waals surface area contributed by atoms with Gasteiger partial charge in [0.15, 0.2) is 34.6 Å². The minimum absolute atomic E-state index is 0.585. The molecular weight excluding hydrogens is 576 g/mol. The van der Waals surface area contributed by atoms with Crippen molar-refractivity contribution < 1.29 is 0 Å². The zero-order valence-corrected chi connectivity index (χ0v) is 22.8. The minimum atomic E-state index is 0.585. The first-order chi connectivity index (χ1) is 20.2. The number of fused-ring (bicyclic) bond motifs is 20. The van der Waals surface area contributed by atoms with Crippen LogP contribution in [0.1, 0.15) is 0 Å². The maximum absolute atomic E-state index is 5.09. The highest BCUT2D eigenvalue weighted by molar-refractivity contribution is 9.08. The smallest absolute Gasteiger partial charge is 0.164 e. The predicted molar refractivity (Wildman–Crippen MR) is 164 cm³/mol. The second kappa shape index (κ2) is 8.36. The molecule has 7 aromatic rings. The number of aromatic nitrogens is 8. The van der Waals surface area contributed by atoms with Crippen LogP contribution in [0.5, 0.6) is 0 Å². The molecule has 2 aliphatic rings. The van der Waals surface area contributed by atoms with Crippen LogP contribution >= 0.6 is 16.1 Å². The third kappa shape index (κ3) is 3.26. The molecule has 0 atom stereocenters. The molecule has 3 aromatic heterocycles. The molecule has 2 aliphatic heterocycles. The molecule has 0 saturated heterocycles. The van der Waals surface area contributed by atoms with Crippen LogP contribution in [-0.2, 0) is 0 Å². The van der Waals surface area contributed by atoms with Crippen molar-refractivity contribution in [2.45, 2.75) is 0 Å². The summed E-state index contributed by atoms with van der Waals surface area (Å²) < 4.78 is 1.83. The van der Waals surface area contributed by atoms with Gasteiger partial charge in [0, 0.05) is 43.8 Å². The summed E-state index contributed by atoms with van der Waals surface area (Å²) in [5.41, 5.74) is 6.41. The Bertz CT molecular complexity index is 2240. The van der Waals surface area contributed by atoms with Crippen LogP contribution in [0.25, 0.3) is 89.7 Å². The summed E-state index contributed by atoms with van der Waals surface area (Å²) in [4.78, 5) is 33.6. The molecule has 0 amide bonds. The van der Waals surface area contributed by atoms with E-state index in [9.17, 15) is 0 Å². The first-order valence-corrected chi connectivity index (χ1v) is 13.8. The van der Waals surface area contributed by atoms with Gasteiger partial charge >= 0.3 is 0 Å². The van der Waals surface area contributed by atoms with Gasteiger partial charge in [0.05, 0.1) is 16.1 Å². The number of nitrogens with zero attached hydrogens (tertiary/aromatic N) is 7. The molecule has 5 heterocycles. The molecule has 9 heteroatoms. The van der Waals surface area contributed by atoms with Crippen molar-refractivity contribution in [3.63, 3.8) is 0 Å². The molecule has 0 aliphatic carbocycles. The Morgan fingerprint density at radius 3 is 1.17 bits per heavy atom. The first-order valence-electron chi connectivity index (χ1n) is 13.1. The summed E-state index contributed by atoms with van der Waals surface area (Å²) in [6.45, 7) is 0. The van der Waals surface area contributed by atoms with E-state index >= 15 is 0 Å². The zero-order valence-electron chi connectivity index (χ0n) is 21.2. The first kappa shape index (κ1) is 22.5. The highest BCUT2D eigenvalue weighted by Gasteiger charge is 2.22. The number of hydrogen-bond donors (Lipinski definition) is 1. The van der Waals surface area contributed by atoms with Gasteiger partial charge < -0.3 is 4.98 Å². The number of benzene rings is 4. The Labute approximate surface area is 240 Å². The van der Waals surface area contributed by atoms with Gasteiger partial charge in [-0.25, -0.2) is 33.5 Å². The SMILES string of the molecule is Brn1c2nc3nc(nc4[nH]c(nc5nc(nc1c1ccccc12)-c1ccccc1-5)c1ccccc41)-c1ccccc1-3. The molecule has 0 saturated carbocycles. The molecular formula is C32H17BrN8. The monoisotopic (exact) mass is 592 g/mol. The van der Waals surface area contributed by atoms with Gasteiger partial charge in [0.1, 0.15) is 11.3 Å². The molecule has 9 rings (SSSR count). The number of nitrogens with one attached hydrogen (secondary N) is 1. The number of H-pyrrole nitrogens is 1. The average Bonchev–Trinajstić information content (AvgIpc) is 3.72. The van der Waals surface area contributed by atoms with E-state index < -0.39 is 0 Å². The molecule has 0 radical (unpaired) electrons. The Balaban J connectivity index is 1.53. The minimum Gasteiger partial charge on any atom is -0.324 e. The molecule has 192 valence electrons. The predicted octanol–water partition coefficient (Wildman–Crippen LogP) is 7.50. The highest BCUT2D eigenvalue weighted by Crippen LogP contribution is 2.37. The van der Waals surface area contributed by atoms with Crippen LogP contribution in [0.4, 0.5) is 0 Å². The maximum Gasteiger partial charge on any atom is 0.164 e. The Morgan fingerprint density at radius 2 is 0.756 bits per heavy atom. The summed E-state index contributed by atoms with van der Waals surface area (Å²) in [7, 11) is 0. The molecule has 1 N–H and O–H groups in total. The third-order valence-electron chi connectivity index (χ3n) is 7.56. The maximum atomic E-state index is 5.09. The zero-order chi connectivity index (χ0) is 27.1. The molecule has 8 nitrogen and oxygen atoms in total. The summed E-state index contributed by atoms with van der Waals surface area (Å²) >= 11 is 3.77. The largest absolute Gasteiger partial charge is 0.324 e. The van der Waals surface area contributed by atoms with E-state index in [-0.39, 0.29) is 0 Å². The summed E-state index contributed by atoms with van der Waals surface area (Å²) in [6, 6.07) is 32.2. The fraction of sp³-hybridized carbons (Fsp3) is 0. The van der Waals surface area contributed by atoms with Gasteiger partial charge in [-0.15, -0.1) is 0 Å². The molecule has 4 aromatic carbocycles. The van der Waals surface area contributed by atoms with Crippen LogP contribution in [0.3, 0.4) is 0 Å². The van der Waals surface area contributed by atoms with Gasteiger partial charge in [-0.1, -0.05) is 97.1 Å². The van der Waals surface area contributed by atoms with Crippen molar-refractivity contribution in [2.75, 3.05) is 0 Å². The van der Waals surface area contributed by atoms with Crippen LogP contribution in [0.15, 0.2) is 97.1 Å². The fourth-order valence-corrected chi connectivity index (χ4v) is 6.19. The van der Waals surface area contributed by atoms with E-state index in [1.807, 2.05) is 101 Å². The quantitative estimate of drug-likeness (QED) is 0.196. The summed E-state index contributed by atoms with van der Waals surface area (Å²) in [6.07, 6.45) is 0. The second-order valence-electron chi connectivity index (χ2n) is 9.90. The van der Waals surface area contributed by atoms with E-state index in [1.165, 1.54) is 0 Å². The summed E-state index contributed by atoms with van der Waals surface area (Å²) in [5, 5.41) is 3.79. The van der Waals surface area contributed by atoms with Gasteiger partial charge in [-0.2, -0.15) is 0 Å². The van der Waals surface area contributed by atoms with Gasteiger partial charge in [-0.05, 0) is 0 Å². The molecule has 41 heavy (non-hydrogen) atoms. The third-order valence-corrected chi connectivity index (χ3v) is 8.23. The lowest BCUT2D eigenvalue weighted by Gasteiger charge is -1.97. The Kier molecular flexibility index (Phi) is 4.59. The van der Waals surface area contributed by atoms with Crippen LogP contribution in [0, 0.1) is 0 Å². The molecule has 8 bridgehead atoms. The van der Waals surface area contributed by atoms with Crippen molar-refractivity contribution in [2.24, 2.45) is 0 Å². The highest BCUT2D eigenvalue weighted by atomic mass is 79.9. The lowest BCUT2D eigenvalue weighted by atomic mass is 10.1. The van der Waals surface area contributed by atoms with E-state index in [4.69, 9.17) is 29.9 Å². The van der Waals surface area contributed by atoms with Crippen LogP contribution in [-0.4, -0.2) is 38.5 Å². The number of halogens is 1.